The van der Waals surface area contributed by atoms with Crippen LogP contribution in [-0.2, 0) is 9.53 Å². The Morgan fingerprint density at radius 3 is 2.13 bits per heavy atom. The molecule has 0 saturated heterocycles. The maximum Gasteiger partial charge on any atom is 0.333 e. The van der Waals surface area contributed by atoms with Gasteiger partial charge in [-0.1, -0.05) is 13.5 Å². The van der Waals surface area contributed by atoms with E-state index in [0.29, 0.717) is 18.4 Å². The fraction of sp³-hybridized carbons (Fsp3) is 0.700. The minimum absolute atomic E-state index is 0.125. The van der Waals surface area contributed by atoms with Gasteiger partial charge in [0.25, 0.3) is 0 Å². The number of hydrogen-bond acceptors (Lipinski definition) is 5. The lowest BCUT2D eigenvalue weighted by Crippen LogP contribution is -2.11. The minimum atomic E-state index is -0.485. The van der Waals surface area contributed by atoms with Gasteiger partial charge in [-0.05, 0) is 6.42 Å². The molecule has 0 fully saturated rings. The maximum absolute atomic E-state index is 10.7. The summed E-state index contributed by atoms with van der Waals surface area (Å²) in [5, 5.41) is 24.4. The number of rotatable bonds is 5. The second-order valence-corrected chi connectivity index (χ2v) is 2.81. The third-order valence-corrected chi connectivity index (χ3v) is 1.53. The number of methoxy groups -OCH3 is 1. The van der Waals surface area contributed by atoms with E-state index in [1.165, 1.54) is 7.11 Å². The van der Waals surface area contributed by atoms with E-state index in [0.717, 1.165) is 0 Å². The molecule has 0 saturated carbocycles. The van der Waals surface area contributed by atoms with Crippen molar-refractivity contribution in [3.8, 4) is 0 Å². The lowest BCUT2D eigenvalue weighted by atomic mass is 10.1. The third kappa shape index (κ3) is 11.0. The van der Waals surface area contributed by atoms with E-state index >= 15 is 0 Å². The summed E-state index contributed by atoms with van der Waals surface area (Å²) in [5.74, 6) is -0.447. The number of aliphatic hydroxyl groups excluding tert-OH is 3. The average Bonchev–Trinajstić information content (AvgIpc) is 2.27. The van der Waals surface area contributed by atoms with Gasteiger partial charge < -0.3 is 20.1 Å². The van der Waals surface area contributed by atoms with Gasteiger partial charge in [0, 0.05) is 12.0 Å². The summed E-state index contributed by atoms with van der Waals surface area (Å²) in [6.07, 6.45) is 0.431. The maximum atomic E-state index is 10.7. The molecule has 0 aliphatic heterocycles. The van der Waals surface area contributed by atoms with E-state index in [2.05, 4.69) is 11.3 Å². The van der Waals surface area contributed by atoms with Crippen molar-refractivity contribution in [2.75, 3.05) is 20.3 Å². The molecule has 1 unspecified atom stereocenters. The van der Waals surface area contributed by atoms with Gasteiger partial charge in [-0.15, -0.1) is 0 Å². The first kappa shape index (κ1) is 16.5. The number of esters is 1. The molecule has 5 nitrogen and oxygen atoms in total. The van der Waals surface area contributed by atoms with Gasteiger partial charge in [-0.2, -0.15) is 0 Å². The molecule has 0 aromatic rings. The Morgan fingerprint density at radius 1 is 1.40 bits per heavy atom. The standard InChI is InChI=1S/C8H14O3.C2H6O2/c1-4-7(9)5-6(2)8(10)11-3;3-1-2-4/h7,9H,2,4-5H2,1,3H3;3-4H,1-2H2. The van der Waals surface area contributed by atoms with Gasteiger partial charge in [0.1, 0.15) is 0 Å². The Kier molecular flexibility index (Phi) is 12.3. The van der Waals surface area contributed by atoms with E-state index in [-0.39, 0.29) is 13.2 Å². The van der Waals surface area contributed by atoms with Crippen molar-refractivity contribution >= 4 is 5.97 Å². The first-order valence-corrected chi connectivity index (χ1v) is 4.69. The zero-order valence-corrected chi connectivity index (χ0v) is 9.27. The highest BCUT2D eigenvalue weighted by Crippen LogP contribution is 2.06. The molecule has 3 N–H and O–H groups in total. The van der Waals surface area contributed by atoms with Crippen LogP contribution < -0.4 is 0 Å². The fourth-order valence-corrected chi connectivity index (χ4v) is 0.656. The quantitative estimate of drug-likeness (QED) is 0.443. The number of carbonyl (C=O) groups is 1. The Bertz CT molecular complexity index is 177. The molecule has 0 aromatic heterocycles. The van der Waals surface area contributed by atoms with E-state index in [9.17, 15) is 4.79 Å². The summed E-state index contributed by atoms with van der Waals surface area (Å²) in [6, 6.07) is 0. The van der Waals surface area contributed by atoms with Crippen molar-refractivity contribution in [2.45, 2.75) is 25.9 Å². The van der Waals surface area contributed by atoms with Crippen molar-refractivity contribution in [3.05, 3.63) is 12.2 Å². The number of hydrogen-bond donors (Lipinski definition) is 3. The summed E-state index contributed by atoms with van der Waals surface area (Å²) in [6.45, 7) is 5.07. The zero-order valence-electron chi connectivity index (χ0n) is 9.27. The van der Waals surface area contributed by atoms with Crippen LogP contribution in [0.3, 0.4) is 0 Å². The predicted molar refractivity (Wildman–Crippen MR) is 56.2 cm³/mol. The van der Waals surface area contributed by atoms with Crippen molar-refractivity contribution in [1.82, 2.24) is 0 Å². The van der Waals surface area contributed by atoms with Gasteiger partial charge in [0.05, 0.1) is 26.4 Å². The second-order valence-electron chi connectivity index (χ2n) is 2.81. The van der Waals surface area contributed by atoms with E-state index in [1.807, 2.05) is 6.92 Å². The lowest BCUT2D eigenvalue weighted by Gasteiger charge is -2.07. The summed E-state index contributed by atoms with van der Waals surface area (Å²) in [4.78, 5) is 10.7. The highest BCUT2D eigenvalue weighted by molar-refractivity contribution is 5.87. The predicted octanol–water partition coefficient (Wildman–Crippen LogP) is -0.152. The van der Waals surface area contributed by atoms with Crippen molar-refractivity contribution in [3.63, 3.8) is 0 Å². The molecule has 0 aliphatic carbocycles. The van der Waals surface area contributed by atoms with Crippen molar-refractivity contribution < 1.29 is 24.9 Å². The molecule has 0 rings (SSSR count). The van der Waals surface area contributed by atoms with Crippen LogP contribution in [0, 0.1) is 0 Å². The van der Waals surface area contributed by atoms with Gasteiger partial charge >= 0.3 is 5.97 Å². The van der Waals surface area contributed by atoms with Crippen LogP contribution in [0.4, 0.5) is 0 Å². The number of ether oxygens (including phenoxy) is 1. The normalized spacial score (nSPS) is 11.0. The van der Waals surface area contributed by atoms with E-state index in [1.54, 1.807) is 0 Å². The van der Waals surface area contributed by atoms with Crippen LogP contribution in [0.1, 0.15) is 19.8 Å². The molecular formula is C10H20O5. The first-order chi connectivity index (χ1) is 7.03. The highest BCUT2D eigenvalue weighted by atomic mass is 16.5. The first-order valence-electron chi connectivity index (χ1n) is 4.69. The molecule has 0 bridgehead atoms. The van der Waals surface area contributed by atoms with Crippen LogP contribution in [0.2, 0.25) is 0 Å². The molecule has 0 heterocycles. The van der Waals surface area contributed by atoms with Gasteiger partial charge in [0.2, 0.25) is 0 Å². The molecule has 0 aliphatic rings. The molecule has 0 spiro atoms. The van der Waals surface area contributed by atoms with Gasteiger partial charge in [-0.3, -0.25) is 0 Å². The molecule has 15 heavy (non-hydrogen) atoms. The van der Waals surface area contributed by atoms with Gasteiger partial charge in [0.15, 0.2) is 0 Å². The van der Waals surface area contributed by atoms with Crippen molar-refractivity contribution in [1.29, 1.82) is 0 Å². The zero-order chi connectivity index (χ0) is 12.3. The smallest absolute Gasteiger partial charge is 0.333 e. The van der Waals surface area contributed by atoms with Crippen molar-refractivity contribution in [2.24, 2.45) is 0 Å². The lowest BCUT2D eigenvalue weighted by molar-refractivity contribution is -0.136. The molecule has 0 radical (unpaired) electrons. The van der Waals surface area contributed by atoms with E-state index in [4.69, 9.17) is 15.3 Å². The summed E-state index contributed by atoms with van der Waals surface area (Å²) in [7, 11) is 1.30. The molecule has 0 amide bonds. The van der Waals surface area contributed by atoms with Gasteiger partial charge in [-0.25, -0.2) is 4.79 Å². The number of aliphatic hydroxyl groups is 3. The third-order valence-electron chi connectivity index (χ3n) is 1.53. The largest absolute Gasteiger partial charge is 0.466 e. The summed E-state index contributed by atoms with van der Waals surface area (Å²) in [5.41, 5.74) is 0.321. The summed E-state index contributed by atoms with van der Waals surface area (Å²) >= 11 is 0. The minimum Gasteiger partial charge on any atom is -0.466 e. The Morgan fingerprint density at radius 2 is 1.87 bits per heavy atom. The highest BCUT2D eigenvalue weighted by Gasteiger charge is 2.10. The molecular weight excluding hydrogens is 200 g/mol. The number of carbonyl (C=O) groups excluding carboxylic acids is 1. The monoisotopic (exact) mass is 220 g/mol. The Balaban J connectivity index is 0. The second kappa shape index (κ2) is 11.2. The van der Waals surface area contributed by atoms with Crippen LogP contribution >= 0.6 is 0 Å². The molecule has 5 heteroatoms. The van der Waals surface area contributed by atoms with Crippen LogP contribution in [0.5, 0.6) is 0 Å². The van der Waals surface area contributed by atoms with Crippen LogP contribution in [0.25, 0.3) is 0 Å². The van der Waals surface area contributed by atoms with Crippen LogP contribution in [0.15, 0.2) is 12.2 Å². The Hall–Kier alpha value is -0.910. The van der Waals surface area contributed by atoms with E-state index < -0.39 is 12.1 Å². The molecule has 1 atom stereocenters. The topological polar surface area (TPSA) is 87.0 Å². The summed E-state index contributed by atoms with van der Waals surface area (Å²) < 4.78 is 4.41. The molecule has 90 valence electrons. The Labute approximate surface area is 90.0 Å². The average molecular weight is 220 g/mol. The van der Waals surface area contributed by atoms with Crippen LogP contribution in [-0.4, -0.2) is 47.7 Å². The molecule has 0 aromatic carbocycles. The fourth-order valence-electron chi connectivity index (χ4n) is 0.656. The SMILES string of the molecule is C=C(CC(O)CC)C(=O)OC.OCCO.